The largest absolute Gasteiger partial charge is 0.494 e. The quantitative estimate of drug-likeness (QED) is 0.825. The van der Waals surface area contributed by atoms with E-state index in [1.807, 2.05) is 6.92 Å². The molecule has 0 saturated carbocycles. The van der Waals surface area contributed by atoms with Crippen molar-refractivity contribution < 1.29 is 13.9 Å². The molecular formula is C15H19N3O3. The SMILES string of the molecule is CCOc1cc(N)cc(C(=O)NC(C)c2ncc(C)o2)c1. The Morgan fingerprint density at radius 1 is 1.48 bits per heavy atom. The molecule has 112 valence electrons. The van der Waals surface area contributed by atoms with Crippen LogP contribution in [0.1, 0.15) is 41.9 Å². The Kier molecular flexibility index (Phi) is 4.47. The molecule has 0 aliphatic carbocycles. The average molecular weight is 289 g/mol. The van der Waals surface area contributed by atoms with Crippen molar-refractivity contribution in [1.82, 2.24) is 10.3 Å². The fraction of sp³-hybridized carbons (Fsp3) is 0.333. The molecule has 0 bridgehead atoms. The maximum Gasteiger partial charge on any atom is 0.252 e. The number of rotatable bonds is 5. The van der Waals surface area contributed by atoms with E-state index in [-0.39, 0.29) is 11.9 Å². The van der Waals surface area contributed by atoms with Crippen molar-refractivity contribution in [3.8, 4) is 5.75 Å². The number of benzene rings is 1. The van der Waals surface area contributed by atoms with Gasteiger partial charge in [-0.3, -0.25) is 4.79 Å². The van der Waals surface area contributed by atoms with Crippen LogP contribution in [0.25, 0.3) is 0 Å². The Morgan fingerprint density at radius 2 is 2.24 bits per heavy atom. The minimum atomic E-state index is -0.330. The van der Waals surface area contributed by atoms with Crippen LogP contribution in [-0.2, 0) is 0 Å². The van der Waals surface area contributed by atoms with Gasteiger partial charge < -0.3 is 20.2 Å². The number of hydrogen-bond donors (Lipinski definition) is 2. The second-order valence-electron chi connectivity index (χ2n) is 4.73. The third-order valence-electron chi connectivity index (χ3n) is 2.86. The molecular weight excluding hydrogens is 270 g/mol. The van der Waals surface area contributed by atoms with Crippen molar-refractivity contribution in [2.24, 2.45) is 0 Å². The van der Waals surface area contributed by atoms with Crippen LogP contribution in [0.15, 0.2) is 28.8 Å². The smallest absolute Gasteiger partial charge is 0.252 e. The number of nitrogens with two attached hydrogens (primary N) is 1. The molecule has 0 aliphatic rings. The first-order valence-electron chi connectivity index (χ1n) is 6.76. The summed E-state index contributed by atoms with van der Waals surface area (Å²) in [5, 5.41) is 2.82. The number of amides is 1. The molecule has 6 heteroatoms. The van der Waals surface area contributed by atoms with Crippen molar-refractivity contribution in [2.45, 2.75) is 26.8 Å². The summed E-state index contributed by atoms with van der Waals surface area (Å²) in [6.07, 6.45) is 1.62. The van der Waals surface area contributed by atoms with Gasteiger partial charge in [0.15, 0.2) is 0 Å². The van der Waals surface area contributed by atoms with Crippen LogP contribution in [0.3, 0.4) is 0 Å². The van der Waals surface area contributed by atoms with Crippen LogP contribution in [0, 0.1) is 6.92 Å². The van der Waals surface area contributed by atoms with Gasteiger partial charge in [-0.25, -0.2) is 4.98 Å². The van der Waals surface area contributed by atoms with Gasteiger partial charge in [-0.2, -0.15) is 0 Å². The first kappa shape index (κ1) is 14.9. The van der Waals surface area contributed by atoms with Crippen LogP contribution in [-0.4, -0.2) is 17.5 Å². The van der Waals surface area contributed by atoms with Gasteiger partial charge in [0.05, 0.1) is 12.8 Å². The van der Waals surface area contributed by atoms with E-state index in [0.29, 0.717) is 35.3 Å². The second kappa shape index (κ2) is 6.30. The predicted octanol–water partition coefficient (Wildman–Crippen LogP) is 2.45. The van der Waals surface area contributed by atoms with Gasteiger partial charge in [0, 0.05) is 17.3 Å². The van der Waals surface area contributed by atoms with Gasteiger partial charge in [0.25, 0.3) is 5.91 Å². The van der Waals surface area contributed by atoms with Crippen molar-refractivity contribution in [3.05, 3.63) is 41.6 Å². The summed E-state index contributed by atoms with van der Waals surface area (Å²) in [6, 6.07) is 4.61. The Morgan fingerprint density at radius 3 is 2.86 bits per heavy atom. The van der Waals surface area contributed by atoms with Crippen LogP contribution >= 0.6 is 0 Å². The van der Waals surface area contributed by atoms with E-state index in [4.69, 9.17) is 14.9 Å². The summed E-state index contributed by atoms with van der Waals surface area (Å²) in [5.74, 6) is 1.48. The van der Waals surface area contributed by atoms with E-state index in [1.54, 1.807) is 38.2 Å². The molecule has 2 aromatic rings. The zero-order valence-electron chi connectivity index (χ0n) is 12.3. The number of nitrogen functional groups attached to an aromatic ring is 1. The lowest BCUT2D eigenvalue weighted by Gasteiger charge is -2.12. The first-order chi connectivity index (χ1) is 9.99. The lowest BCUT2D eigenvalue weighted by atomic mass is 10.1. The Labute approximate surface area is 123 Å². The summed E-state index contributed by atoms with van der Waals surface area (Å²) in [5.41, 5.74) is 6.70. The van der Waals surface area contributed by atoms with Gasteiger partial charge in [-0.1, -0.05) is 0 Å². The van der Waals surface area contributed by atoms with Crippen molar-refractivity contribution in [3.63, 3.8) is 0 Å². The molecule has 21 heavy (non-hydrogen) atoms. The maximum atomic E-state index is 12.3. The van der Waals surface area contributed by atoms with Crippen molar-refractivity contribution >= 4 is 11.6 Å². The fourth-order valence-corrected chi connectivity index (χ4v) is 1.92. The molecule has 3 N–H and O–H groups in total. The van der Waals surface area contributed by atoms with Crippen LogP contribution in [0.2, 0.25) is 0 Å². The highest BCUT2D eigenvalue weighted by molar-refractivity contribution is 5.95. The van der Waals surface area contributed by atoms with Crippen LogP contribution < -0.4 is 15.8 Å². The minimum absolute atomic E-state index is 0.258. The highest BCUT2D eigenvalue weighted by atomic mass is 16.5. The summed E-state index contributed by atoms with van der Waals surface area (Å²) in [6.45, 7) is 5.99. The van der Waals surface area contributed by atoms with E-state index in [0.717, 1.165) is 0 Å². The molecule has 0 fully saturated rings. The standard InChI is InChI=1S/C15H19N3O3/c1-4-20-13-6-11(5-12(16)7-13)14(19)18-10(3)15-17-8-9(2)21-15/h5-8,10H,4,16H2,1-3H3,(H,18,19). The molecule has 1 heterocycles. The molecule has 1 unspecified atom stereocenters. The first-order valence-corrected chi connectivity index (χ1v) is 6.76. The van der Waals surface area contributed by atoms with Gasteiger partial charge in [-0.05, 0) is 32.9 Å². The highest BCUT2D eigenvalue weighted by Crippen LogP contribution is 2.20. The molecule has 1 atom stereocenters. The molecule has 2 rings (SSSR count). The molecule has 0 spiro atoms. The van der Waals surface area contributed by atoms with E-state index in [2.05, 4.69) is 10.3 Å². The molecule has 6 nitrogen and oxygen atoms in total. The van der Waals surface area contributed by atoms with Gasteiger partial charge >= 0.3 is 0 Å². The summed E-state index contributed by atoms with van der Waals surface area (Å²) < 4.78 is 10.8. The van der Waals surface area contributed by atoms with Crippen molar-refractivity contribution in [2.75, 3.05) is 12.3 Å². The van der Waals surface area contributed by atoms with Crippen LogP contribution in [0.5, 0.6) is 5.75 Å². The monoisotopic (exact) mass is 289 g/mol. The Balaban J connectivity index is 2.12. The number of nitrogens with one attached hydrogen (secondary N) is 1. The van der Waals surface area contributed by atoms with Gasteiger partial charge in [-0.15, -0.1) is 0 Å². The second-order valence-corrected chi connectivity index (χ2v) is 4.73. The van der Waals surface area contributed by atoms with Gasteiger partial charge in [0.2, 0.25) is 5.89 Å². The summed E-state index contributed by atoms with van der Waals surface area (Å²) >= 11 is 0. The number of hydrogen-bond acceptors (Lipinski definition) is 5. The third-order valence-corrected chi connectivity index (χ3v) is 2.86. The minimum Gasteiger partial charge on any atom is -0.494 e. The number of ether oxygens (including phenoxy) is 1. The third kappa shape index (κ3) is 3.75. The van der Waals surface area contributed by atoms with Gasteiger partial charge in [0.1, 0.15) is 17.6 Å². The molecule has 1 amide bonds. The van der Waals surface area contributed by atoms with E-state index < -0.39 is 0 Å². The van der Waals surface area contributed by atoms with E-state index in [9.17, 15) is 4.79 Å². The Bertz CT molecular complexity index is 637. The molecule has 1 aromatic carbocycles. The highest BCUT2D eigenvalue weighted by Gasteiger charge is 2.16. The zero-order valence-corrected chi connectivity index (χ0v) is 12.3. The number of nitrogens with zero attached hydrogens (tertiary/aromatic N) is 1. The van der Waals surface area contributed by atoms with E-state index >= 15 is 0 Å². The number of anilines is 1. The summed E-state index contributed by atoms with van der Waals surface area (Å²) in [7, 11) is 0. The normalized spacial score (nSPS) is 12.0. The molecule has 0 radical (unpaired) electrons. The summed E-state index contributed by atoms with van der Waals surface area (Å²) in [4.78, 5) is 16.3. The zero-order chi connectivity index (χ0) is 15.4. The number of aromatic nitrogens is 1. The fourth-order valence-electron chi connectivity index (χ4n) is 1.92. The van der Waals surface area contributed by atoms with E-state index in [1.165, 1.54) is 0 Å². The number of oxazole rings is 1. The molecule has 0 saturated heterocycles. The van der Waals surface area contributed by atoms with Crippen molar-refractivity contribution in [1.29, 1.82) is 0 Å². The lowest BCUT2D eigenvalue weighted by molar-refractivity contribution is 0.0933. The maximum absolute atomic E-state index is 12.3. The lowest BCUT2D eigenvalue weighted by Crippen LogP contribution is -2.27. The molecule has 1 aromatic heterocycles. The number of aryl methyl sites for hydroxylation is 1. The predicted molar refractivity (Wildman–Crippen MR) is 79.1 cm³/mol. The average Bonchev–Trinajstić information content (AvgIpc) is 2.85. The topological polar surface area (TPSA) is 90.4 Å². The Hall–Kier alpha value is -2.50. The molecule has 0 aliphatic heterocycles. The number of carbonyl (C=O) groups excluding carboxylic acids is 1. The number of carbonyl (C=O) groups is 1. The van der Waals surface area contributed by atoms with Crippen LogP contribution in [0.4, 0.5) is 5.69 Å².